The first-order valence-corrected chi connectivity index (χ1v) is 7.12. The van der Waals surface area contributed by atoms with Gasteiger partial charge in [0.2, 0.25) is 0 Å². The lowest BCUT2D eigenvalue weighted by Crippen LogP contribution is -1.97. The van der Waals surface area contributed by atoms with Crippen molar-refractivity contribution in [1.29, 1.82) is 0 Å². The molecule has 0 unspecified atom stereocenters. The number of carbonyl (C=O) groups is 1. The predicted octanol–water partition coefficient (Wildman–Crippen LogP) is 4.14. The van der Waals surface area contributed by atoms with Crippen LogP contribution < -0.4 is 0 Å². The molecule has 0 bridgehead atoms. The molecule has 21 heavy (non-hydrogen) atoms. The Labute approximate surface area is 130 Å². The maximum absolute atomic E-state index is 11.9. The van der Waals surface area contributed by atoms with Crippen LogP contribution in [0.4, 0.5) is 0 Å². The van der Waals surface area contributed by atoms with Crippen LogP contribution in [-0.4, -0.2) is 11.1 Å². The summed E-state index contributed by atoms with van der Waals surface area (Å²) in [5.74, 6) is 0.357. The van der Waals surface area contributed by atoms with E-state index in [9.17, 15) is 9.90 Å². The molecule has 1 aliphatic rings. The van der Waals surface area contributed by atoms with Crippen molar-refractivity contribution in [2.45, 2.75) is 0 Å². The van der Waals surface area contributed by atoms with Crippen LogP contribution in [0, 0.1) is 0 Å². The molecule has 2 aromatic rings. The van der Waals surface area contributed by atoms with Gasteiger partial charge in [-0.25, -0.2) is 4.79 Å². The van der Waals surface area contributed by atoms with Gasteiger partial charge in [-0.1, -0.05) is 40.2 Å². The number of phenolic OH excluding ortho intramolecular Hbond substituents is 1. The summed E-state index contributed by atoms with van der Waals surface area (Å²) in [6, 6.07) is 14.2. The molecular weight excluding hydrogens is 332 g/mol. The van der Waals surface area contributed by atoms with Gasteiger partial charge in [-0.15, -0.1) is 0 Å². The number of hydrogen-bond acceptors (Lipinski definition) is 3. The molecule has 0 saturated carbocycles. The van der Waals surface area contributed by atoms with Crippen molar-refractivity contribution in [2.75, 3.05) is 0 Å². The maximum atomic E-state index is 11.9. The number of hydrogen-bond donors (Lipinski definition) is 1. The normalized spacial score (nSPS) is 16.0. The number of aromatic hydroxyl groups is 1. The van der Waals surface area contributed by atoms with E-state index in [2.05, 4.69) is 15.9 Å². The Hall–Kier alpha value is -2.33. The monoisotopic (exact) mass is 342 g/mol. The molecular formula is C17H11BrO3. The molecule has 1 aliphatic heterocycles. The minimum absolute atomic E-state index is 0.192. The zero-order valence-electron chi connectivity index (χ0n) is 10.9. The highest BCUT2D eigenvalue weighted by Crippen LogP contribution is 2.28. The van der Waals surface area contributed by atoms with Crippen molar-refractivity contribution in [3.05, 3.63) is 75.8 Å². The van der Waals surface area contributed by atoms with E-state index in [4.69, 9.17) is 4.74 Å². The van der Waals surface area contributed by atoms with E-state index in [1.165, 1.54) is 0 Å². The summed E-state index contributed by atoms with van der Waals surface area (Å²) >= 11 is 3.37. The van der Waals surface area contributed by atoms with Gasteiger partial charge in [-0.2, -0.15) is 0 Å². The molecule has 4 heteroatoms. The zero-order valence-corrected chi connectivity index (χ0v) is 12.5. The van der Waals surface area contributed by atoms with Crippen LogP contribution in [0.5, 0.6) is 5.75 Å². The second-order valence-electron chi connectivity index (χ2n) is 4.60. The number of halogens is 1. The summed E-state index contributed by atoms with van der Waals surface area (Å²) < 4.78 is 6.25. The van der Waals surface area contributed by atoms with E-state index in [1.54, 1.807) is 36.4 Å². The van der Waals surface area contributed by atoms with Crippen molar-refractivity contribution < 1.29 is 14.6 Å². The van der Waals surface area contributed by atoms with Crippen molar-refractivity contribution >= 4 is 33.7 Å². The minimum atomic E-state index is -0.374. The summed E-state index contributed by atoms with van der Waals surface area (Å²) in [7, 11) is 0. The largest absolute Gasteiger partial charge is 0.508 e. The second-order valence-corrected chi connectivity index (χ2v) is 5.51. The Bertz CT molecular complexity index is 741. The van der Waals surface area contributed by atoms with Crippen LogP contribution in [-0.2, 0) is 9.53 Å². The van der Waals surface area contributed by atoms with E-state index < -0.39 is 0 Å². The van der Waals surface area contributed by atoms with Gasteiger partial charge in [0, 0.05) is 10.0 Å². The van der Waals surface area contributed by atoms with Crippen molar-refractivity contribution in [2.24, 2.45) is 0 Å². The van der Waals surface area contributed by atoms with Gasteiger partial charge in [-0.3, -0.25) is 0 Å². The molecule has 104 valence electrons. The zero-order chi connectivity index (χ0) is 14.8. The highest BCUT2D eigenvalue weighted by Gasteiger charge is 2.21. The van der Waals surface area contributed by atoms with E-state index in [0.29, 0.717) is 11.3 Å². The molecule has 0 saturated heterocycles. The maximum Gasteiger partial charge on any atom is 0.343 e. The molecule has 0 atom stereocenters. The van der Waals surface area contributed by atoms with Crippen molar-refractivity contribution in [3.8, 4) is 5.75 Å². The lowest BCUT2D eigenvalue weighted by Gasteiger charge is -2.01. The van der Waals surface area contributed by atoms with E-state index in [0.717, 1.165) is 15.6 Å². The fourth-order valence-electron chi connectivity index (χ4n) is 2.00. The number of cyclic esters (lactones) is 1. The minimum Gasteiger partial charge on any atom is -0.508 e. The Morgan fingerprint density at radius 3 is 2.33 bits per heavy atom. The predicted molar refractivity (Wildman–Crippen MR) is 84.3 cm³/mol. The standard InChI is InChI=1S/C17H11BrO3/c18-14-5-3-12(4-6-14)16-10-13(17(20)21-16)9-11-1-7-15(19)8-2-11/h1-10,19H/b13-9-. The van der Waals surface area contributed by atoms with Gasteiger partial charge in [0.15, 0.2) is 0 Å². The summed E-state index contributed by atoms with van der Waals surface area (Å²) in [6.07, 6.45) is 3.45. The van der Waals surface area contributed by atoms with Gasteiger partial charge in [0.1, 0.15) is 11.5 Å². The van der Waals surface area contributed by atoms with Crippen LogP contribution in [0.3, 0.4) is 0 Å². The third-order valence-corrected chi connectivity index (χ3v) is 3.60. The number of benzene rings is 2. The third-order valence-electron chi connectivity index (χ3n) is 3.07. The van der Waals surface area contributed by atoms with Crippen LogP contribution in [0.1, 0.15) is 11.1 Å². The average molecular weight is 343 g/mol. The van der Waals surface area contributed by atoms with Gasteiger partial charge >= 0.3 is 5.97 Å². The smallest absolute Gasteiger partial charge is 0.343 e. The molecule has 0 fully saturated rings. The molecule has 0 spiro atoms. The molecule has 0 aromatic heterocycles. The first-order chi connectivity index (χ1) is 10.1. The number of phenols is 1. The molecule has 2 aromatic carbocycles. The number of carbonyl (C=O) groups excluding carboxylic acids is 1. The Balaban J connectivity index is 1.91. The molecule has 1 heterocycles. The Morgan fingerprint density at radius 1 is 1.00 bits per heavy atom. The number of esters is 1. The first kappa shape index (κ1) is 13.6. The Morgan fingerprint density at radius 2 is 1.67 bits per heavy atom. The van der Waals surface area contributed by atoms with E-state index >= 15 is 0 Å². The number of ether oxygens (including phenoxy) is 1. The Kier molecular flexibility index (Phi) is 3.62. The van der Waals surface area contributed by atoms with E-state index in [1.807, 2.05) is 24.3 Å². The molecule has 0 aliphatic carbocycles. The van der Waals surface area contributed by atoms with Crippen LogP contribution >= 0.6 is 15.9 Å². The molecule has 3 nitrogen and oxygen atoms in total. The SMILES string of the molecule is O=C1OC(c2ccc(Br)cc2)=C/C1=C/c1ccc(O)cc1. The van der Waals surface area contributed by atoms with Gasteiger partial charge in [0.05, 0.1) is 5.57 Å². The molecule has 0 radical (unpaired) electrons. The summed E-state index contributed by atoms with van der Waals surface area (Å²) in [4.78, 5) is 11.9. The summed E-state index contributed by atoms with van der Waals surface area (Å²) in [5, 5.41) is 9.25. The summed E-state index contributed by atoms with van der Waals surface area (Å²) in [6.45, 7) is 0. The molecule has 3 rings (SSSR count). The lowest BCUT2D eigenvalue weighted by atomic mass is 10.1. The van der Waals surface area contributed by atoms with Crippen LogP contribution in [0.25, 0.3) is 11.8 Å². The van der Waals surface area contributed by atoms with Gasteiger partial charge in [0.25, 0.3) is 0 Å². The third kappa shape index (κ3) is 3.06. The second kappa shape index (κ2) is 5.58. The topological polar surface area (TPSA) is 46.5 Å². The van der Waals surface area contributed by atoms with Crippen LogP contribution in [0.2, 0.25) is 0 Å². The van der Waals surface area contributed by atoms with Crippen molar-refractivity contribution in [1.82, 2.24) is 0 Å². The fourth-order valence-corrected chi connectivity index (χ4v) is 2.26. The quantitative estimate of drug-likeness (QED) is 0.659. The highest BCUT2D eigenvalue weighted by molar-refractivity contribution is 9.10. The molecule has 0 amide bonds. The summed E-state index contributed by atoms with van der Waals surface area (Å²) in [5.41, 5.74) is 2.16. The average Bonchev–Trinajstić information content (AvgIpc) is 2.83. The van der Waals surface area contributed by atoms with E-state index in [-0.39, 0.29) is 11.7 Å². The number of rotatable bonds is 2. The van der Waals surface area contributed by atoms with Crippen molar-refractivity contribution in [3.63, 3.8) is 0 Å². The molecule has 1 N–H and O–H groups in total. The van der Waals surface area contributed by atoms with Gasteiger partial charge in [-0.05, 0) is 42.0 Å². The lowest BCUT2D eigenvalue weighted by molar-refractivity contribution is -0.130. The highest BCUT2D eigenvalue weighted by atomic mass is 79.9. The van der Waals surface area contributed by atoms with Gasteiger partial charge < -0.3 is 9.84 Å². The van der Waals surface area contributed by atoms with Crippen LogP contribution in [0.15, 0.2) is 64.7 Å². The first-order valence-electron chi connectivity index (χ1n) is 6.32. The fraction of sp³-hybridized carbons (Fsp3) is 0.